The van der Waals surface area contributed by atoms with Crippen molar-refractivity contribution in [1.29, 1.82) is 0 Å². The largest absolute Gasteiger partial charge is 0.495 e. The van der Waals surface area contributed by atoms with Crippen LogP contribution in [0.4, 0.5) is 5.69 Å². The number of halogens is 1. The maximum atomic E-state index is 13.2. The van der Waals surface area contributed by atoms with Crippen LogP contribution in [0.25, 0.3) is 12.2 Å². The van der Waals surface area contributed by atoms with Crippen LogP contribution in [0.2, 0.25) is 5.02 Å². The molecule has 0 bridgehead atoms. The third-order valence-electron chi connectivity index (χ3n) is 4.63. The first-order valence-electron chi connectivity index (χ1n) is 10.0. The van der Waals surface area contributed by atoms with Gasteiger partial charge in [0.1, 0.15) is 28.3 Å². The first-order valence-corrected chi connectivity index (χ1v) is 11.3. The second kappa shape index (κ2) is 10.4. The third kappa shape index (κ3) is 5.85. The number of aryl methyl sites for hydroxylation is 1. The number of aromatic amines is 1. The van der Waals surface area contributed by atoms with Crippen molar-refractivity contribution in [3.8, 4) is 5.75 Å². The van der Waals surface area contributed by atoms with E-state index in [2.05, 4.69) is 20.5 Å². The Labute approximate surface area is 200 Å². The van der Waals surface area contributed by atoms with Gasteiger partial charge in [0.15, 0.2) is 0 Å². The van der Waals surface area contributed by atoms with Crippen molar-refractivity contribution >= 4 is 47.1 Å². The van der Waals surface area contributed by atoms with Gasteiger partial charge in [0.05, 0.1) is 12.1 Å². The first-order chi connectivity index (χ1) is 16.0. The zero-order chi connectivity index (χ0) is 23.2. The number of ether oxygens (including phenoxy) is 1. The van der Waals surface area contributed by atoms with Crippen LogP contribution in [0.1, 0.15) is 28.2 Å². The summed E-state index contributed by atoms with van der Waals surface area (Å²) in [4.78, 5) is 17.7. The summed E-state index contributed by atoms with van der Waals surface area (Å²) in [5.74, 6) is 2.42. The van der Waals surface area contributed by atoms with E-state index in [9.17, 15) is 4.79 Å². The quantitative estimate of drug-likeness (QED) is 0.300. The zero-order valence-electron chi connectivity index (χ0n) is 17.9. The average Bonchev–Trinajstić information content (AvgIpc) is 3.45. The number of carbonyl (C=O) groups is 1. The average molecular weight is 481 g/mol. The van der Waals surface area contributed by atoms with Gasteiger partial charge in [-0.25, -0.2) is 4.98 Å². The Morgan fingerprint density at radius 3 is 2.70 bits per heavy atom. The molecule has 0 saturated heterocycles. The van der Waals surface area contributed by atoms with E-state index < -0.39 is 5.25 Å². The molecule has 2 heterocycles. The van der Waals surface area contributed by atoms with Crippen molar-refractivity contribution < 1.29 is 13.9 Å². The molecular weight excluding hydrogens is 460 g/mol. The van der Waals surface area contributed by atoms with Crippen LogP contribution in [0.15, 0.2) is 70.2 Å². The van der Waals surface area contributed by atoms with Gasteiger partial charge >= 0.3 is 0 Å². The number of hydrogen-bond donors (Lipinski definition) is 2. The maximum absolute atomic E-state index is 13.2. The van der Waals surface area contributed by atoms with Gasteiger partial charge in [-0.2, -0.15) is 0 Å². The molecule has 9 heteroatoms. The number of anilines is 1. The van der Waals surface area contributed by atoms with Crippen LogP contribution < -0.4 is 10.1 Å². The zero-order valence-corrected chi connectivity index (χ0v) is 19.5. The number of carbonyl (C=O) groups excluding carboxylic acids is 1. The first kappa shape index (κ1) is 22.7. The summed E-state index contributed by atoms with van der Waals surface area (Å²) in [6.45, 7) is 1.88. The SMILES string of the molecule is COc1ccc(NC(=O)C(Sc2n[nH]c(/C=C/c3ccc(C)o3)n2)c2ccccc2)cc1Cl. The van der Waals surface area contributed by atoms with Crippen LogP contribution in [-0.4, -0.2) is 28.2 Å². The van der Waals surface area contributed by atoms with Gasteiger partial charge in [-0.05, 0) is 55.0 Å². The molecule has 1 atom stereocenters. The number of nitrogens with zero attached hydrogens (tertiary/aromatic N) is 2. The molecule has 0 saturated carbocycles. The van der Waals surface area contributed by atoms with Gasteiger partial charge < -0.3 is 14.5 Å². The summed E-state index contributed by atoms with van der Waals surface area (Å²) in [6.07, 6.45) is 3.57. The Balaban J connectivity index is 1.52. The van der Waals surface area contributed by atoms with E-state index >= 15 is 0 Å². The number of furan rings is 1. The van der Waals surface area contributed by atoms with E-state index in [1.807, 2.05) is 49.4 Å². The summed E-state index contributed by atoms with van der Waals surface area (Å²) in [7, 11) is 1.54. The van der Waals surface area contributed by atoms with Crippen molar-refractivity contribution in [2.24, 2.45) is 0 Å². The van der Waals surface area contributed by atoms with Crippen LogP contribution >= 0.6 is 23.4 Å². The Kier molecular flexibility index (Phi) is 7.16. The summed E-state index contributed by atoms with van der Waals surface area (Å²) in [5, 5.41) is 10.3. The van der Waals surface area contributed by atoms with Crippen molar-refractivity contribution in [2.45, 2.75) is 17.3 Å². The number of thioether (sulfide) groups is 1. The second-order valence-corrected chi connectivity index (χ2v) is 8.51. The summed E-state index contributed by atoms with van der Waals surface area (Å²) in [5.41, 5.74) is 1.40. The summed E-state index contributed by atoms with van der Waals surface area (Å²) >= 11 is 7.45. The smallest absolute Gasteiger partial charge is 0.242 e. The van der Waals surface area contributed by atoms with Gasteiger partial charge in [-0.1, -0.05) is 53.7 Å². The molecule has 4 aromatic rings. The second-order valence-electron chi connectivity index (χ2n) is 7.03. The number of methoxy groups -OCH3 is 1. The fourth-order valence-electron chi connectivity index (χ4n) is 3.05. The Bertz CT molecular complexity index is 1270. The number of benzene rings is 2. The molecule has 1 amide bonds. The number of hydrogen-bond acceptors (Lipinski definition) is 6. The highest BCUT2D eigenvalue weighted by Crippen LogP contribution is 2.35. The van der Waals surface area contributed by atoms with Crippen LogP contribution in [0, 0.1) is 6.92 Å². The van der Waals surface area contributed by atoms with Crippen molar-refractivity contribution in [3.05, 3.63) is 88.6 Å². The van der Waals surface area contributed by atoms with Gasteiger partial charge in [-0.3, -0.25) is 9.89 Å². The van der Waals surface area contributed by atoms with Crippen LogP contribution in [0.3, 0.4) is 0 Å². The normalized spacial score (nSPS) is 12.1. The number of amides is 1. The molecular formula is C24H21ClN4O3S. The molecule has 0 aliphatic carbocycles. The summed E-state index contributed by atoms with van der Waals surface area (Å²) < 4.78 is 10.7. The van der Waals surface area contributed by atoms with Gasteiger partial charge in [0.25, 0.3) is 0 Å². The number of aromatic nitrogens is 3. The lowest BCUT2D eigenvalue weighted by atomic mass is 10.1. The van der Waals surface area contributed by atoms with Crippen molar-refractivity contribution in [3.63, 3.8) is 0 Å². The number of rotatable bonds is 8. The lowest BCUT2D eigenvalue weighted by Crippen LogP contribution is -2.19. The highest BCUT2D eigenvalue weighted by Gasteiger charge is 2.24. The number of H-pyrrole nitrogens is 1. The molecule has 2 aromatic carbocycles. The Hall–Kier alpha value is -3.49. The lowest BCUT2D eigenvalue weighted by Gasteiger charge is -2.16. The molecule has 1 unspecified atom stereocenters. The van der Waals surface area contributed by atoms with E-state index in [4.69, 9.17) is 20.8 Å². The van der Waals surface area contributed by atoms with Crippen LogP contribution in [0.5, 0.6) is 5.75 Å². The van der Waals surface area contributed by atoms with E-state index in [0.29, 0.717) is 27.4 Å². The van der Waals surface area contributed by atoms with E-state index in [1.165, 1.54) is 18.9 Å². The molecule has 33 heavy (non-hydrogen) atoms. The van der Waals surface area contributed by atoms with E-state index in [-0.39, 0.29) is 5.91 Å². The lowest BCUT2D eigenvalue weighted by molar-refractivity contribution is -0.115. The van der Waals surface area contributed by atoms with Crippen molar-refractivity contribution in [2.75, 3.05) is 12.4 Å². The minimum absolute atomic E-state index is 0.222. The standard InChI is InChI=1S/C24H21ClN4O3S/c1-15-8-10-18(32-15)11-13-21-27-24(29-28-21)33-22(16-6-4-3-5-7-16)23(30)26-17-9-12-20(31-2)19(25)14-17/h3-14,22H,1-2H3,(H,26,30)(H,27,28,29)/b13-11+. The molecule has 0 fully saturated rings. The van der Waals surface area contributed by atoms with Gasteiger partial charge in [0.2, 0.25) is 11.1 Å². The van der Waals surface area contributed by atoms with Gasteiger partial charge in [0, 0.05) is 5.69 Å². The highest BCUT2D eigenvalue weighted by atomic mass is 35.5. The molecule has 0 radical (unpaired) electrons. The van der Waals surface area contributed by atoms with Crippen molar-refractivity contribution in [1.82, 2.24) is 15.2 Å². The van der Waals surface area contributed by atoms with Gasteiger partial charge in [-0.15, -0.1) is 5.10 Å². The number of nitrogens with one attached hydrogen (secondary N) is 2. The fraction of sp³-hybridized carbons (Fsp3) is 0.125. The maximum Gasteiger partial charge on any atom is 0.242 e. The topological polar surface area (TPSA) is 93.0 Å². The monoisotopic (exact) mass is 480 g/mol. The molecule has 168 valence electrons. The predicted molar refractivity (Wildman–Crippen MR) is 130 cm³/mol. The third-order valence-corrected chi connectivity index (χ3v) is 6.04. The van der Waals surface area contributed by atoms with E-state index in [1.54, 1.807) is 30.4 Å². The Morgan fingerprint density at radius 2 is 2.00 bits per heavy atom. The summed E-state index contributed by atoms with van der Waals surface area (Å²) in [6, 6.07) is 18.3. The van der Waals surface area contributed by atoms with Crippen LogP contribution in [-0.2, 0) is 4.79 Å². The molecule has 0 aliphatic rings. The molecule has 7 nitrogen and oxygen atoms in total. The Morgan fingerprint density at radius 1 is 1.18 bits per heavy atom. The molecule has 2 aromatic heterocycles. The highest BCUT2D eigenvalue weighted by molar-refractivity contribution is 8.00. The fourth-order valence-corrected chi connectivity index (χ4v) is 4.22. The predicted octanol–water partition coefficient (Wildman–Crippen LogP) is 6.01. The molecule has 0 aliphatic heterocycles. The molecule has 2 N–H and O–H groups in total. The van der Waals surface area contributed by atoms with E-state index in [0.717, 1.165) is 17.1 Å². The minimum atomic E-state index is -0.576. The molecule has 4 rings (SSSR count). The molecule has 0 spiro atoms. The minimum Gasteiger partial charge on any atom is -0.495 e.